The maximum Gasteiger partial charge on any atom is 0.255 e. The molecule has 0 fully saturated rings. The molecule has 0 bridgehead atoms. The van der Waals surface area contributed by atoms with Crippen LogP contribution in [0.2, 0.25) is 0 Å². The number of aliphatic hydroxyl groups excluding tert-OH is 2. The second kappa shape index (κ2) is 6.79. The normalized spacial score (nSPS) is 10.1. The van der Waals surface area contributed by atoms with Crippen molar-refractivity contribution in [3.8, 4) is 0 Å². The number of anilines is 1. The molecule has 1 heterocycles. The number of nitrogens with two attached hydrogens (primary N) is 1. The number of carbonyl (C=O) groups excluding carboxylic acids is 1. The highest BCUT2D eigenvalue weighted by molar-refractivity contribution is 5.94. The Morgan fingerprint density at radius 3 is 2.41 bits per heavy atom. The highest BCUT2D eigenvalue weighted by Crippen LogP contribution is 2.06. The van der Waals surface area contributed by atoms with Crippen LogP contribution in [-0.2, 0) is 0 Å². The quantitative estimate of drug-likeness (QED) is 0.367. The van der Waals surface area contributed by atoms with E-state index in [1.54, 1.807) is 12.1 Å². The number of amides is 1. The Bertz CT molecular complexity index is 349. The Hall–Kier alpha value is -1.70. The van der Waals surface area contributed by atoms with Gasteiger partial charge < -0.3 is 20.5 Å². The van der Waals surface area contributed by atoms with E-state index in [1.165, 1.54) is 11.1 Å². The van der Waals surface area contributed by atoms with E-state index in [9.17, 15) is 4.79 Å². The highest BCUT2D eigenvalue weighted by atomic mass is 16.3. The maximum atomic E-state index is 11.9. The van der Waals surface area contributed by atoms with E-state index >= 15 is 0 Å². The second-order valence-corrected chi connectivity index (χ2v) is 3.32. The fourth-order valence-electron chi connectivity index (χ4n) is 1.34. The van der Waals surface area contributed by atoms with Crippen LogP contribution in [0.5, 0.6) is 0 Å². The summed E-state index contributed by atoms with van der Waals surface area (Å²) in [6.45, 7) is 0.0514. The van der Waals surface area contributed by atoms with Gasteiger partial charge in [-0.3, -0.25) is 4.79 Å². The highest BCUT2D eigenvalue weighted by Gasteiger charge is 2.14. The number of hydrazine groups is 1. The average molecular weight is 240 g/mol. The van der Waals surface area contributed by atoms with Gasteiger partial charge in [0.1, 0.15) is 5.82 Å². The largest absolute Gasteiger partial charge is 0.395 e. The van der Waals surface area contributed by atoms with Gasteiger partial charge in [0.05, 0.1) is 18.8 Å². The molecule has 0 radical (unpaired) electrons. The number of carbonyl (C=O) groups is 1. The minimum absolute atomic E-state index is 0.151. The Labute approximate surface area is 98.8 Å². The van der Waals surface area contributed by atoms with E-state index in [1.807, 2.05) is 0 Å². The van der Waals surface area contributed by atoms with Crippen molar-refractivity contribution in [3.63, 3.8) is 0 Å². The number of hydrogen-bond donors (Lipinski definition) is 4. The van der Waals surface area contributed by atoms with Gasteiger partial charge in [0, 0.05) is 19.3 Å². The van der Waals surface area contributed by atoms with Crippen LogP contribution in [0.4, 0.5) is 5.82 Å². The zero-order chi connectivity index (χ0) is 12.7. The van der Waals surface area contributed by atoms with Crippen molar-refractivity contribution in [2.24, 2.45) is 5.84 Å². The molecule has 0 atom stereocenters. The van der Waals surface area contributed by atoms with Crippen LogP contribution in [0, 0.1) is 0 Å². The van der Waals surface area contributed by atoms with Gasteiger partial charge in [-0.1, -0.05) is 0 Å². The molecule has 5 N–H and O–H groups in total. The zero-order valence-corrected chi connectivity index (χ0v) is 9.33. The first-order valence-corrected chi connectivity index (χ1v) is 5.16. The maximum absolute atomic E-state index is 11.9. The lowest BCUT2D eigenvalue weighted by Gasteiger charge is -2.20. The number of hydrogen-bond acceptors (Lipinski definition) is 6. The first kappa shape index (κ1) is 13.4. The molecule has 0 aliphatic carbocycles. The molecule has 0 aliphatic rings. The number of aliphatic hydroxyl groups is 2. The monoisotopic (exact) mass is 240 g/mol. The summed E-state index contributed by atoms with van der Waals surface area (Å²) in [7, 11) is 0. The van der Waals surface area contributed by atoms with E-state index in [4.69, 9.17) is 16.1 Å². The molecule has 1 aromatic rings. The third-order valence-electron chi connectivity index (χ3n) is 2.19. The molecule has 0 aromatic carbocycles. The molecule has 0 saturated heterocycles. The zero-order valence-electron chi connectivity index (χ0n) is 9.33. The van der Waals surface area contributed by atoms with E-state index < -0.39 is 0 Å². The lowest BCUT2D eigenvalue weighted by Crippen LogP contribution is -2.35. The van der Waals surface area contributed by atoms with Crippen LogP contribution in [0.1, 0.15) is 10.4 Å². The number of nitrogens with zero attached hydrogens (tertiary/aromatic N) is 2. The lowest BCUT2D eigenvalue weighted by molar-refractivity contribution is 0.0684. The molecule has 1 aromatic heterocycles. The summed E-state index contributed by atoms with van der Waals surface area (Å²) >= 11 is 0. The van der Waals surface area contributed by atoms with Gasteiger partial charge in [-0.05, 0) is 12.1 Å². The number of aromatic nitrogens is 1. The fraction of sp³-hybridized carbons (Fsp3) is 0.400. The molecule has 7 heteroatoms. The van der Waals surface area contributed by atoms with E-state index in [-0.39, 0.29) is 32.2 Å². The lowest BCUT2D eigenvalue weighted by atomic mass is 10.2. The van der Waals surface area contributed by atoms with Gasteiger partial charge in [-0.15, -0.1) is 0 Å². The van der Waals surface area contributed by atoms with Crippen molar-refractivity contribution in [1.29, 1.82) is 0 Å². The van der Waals surface area contributed by atoms with Crippen LogP contribution < -0.4 is 11.3 Å². The van der Waals surface area contributed by atoms with Gasteiger partial charge in [0.2, 0.25) is 0 Å². The Morgan fingerprint density at radius 2 is 2.00 bits per heavy atom. The molecule has 0 saturated carbocycles. The average Bonchev–Trinajstić information content (AvgIpc) is 2.38. The molecule has 7 nitrogen and oxygen atoms in total. The van der Waals surface area contributed by atoms with Crippen LogP contribution in [0.25, 0.3) is 0 Å². The van der Waals surface area contributed by atoms with Crippen molar-refractivity contribution < 1.29 is 15.0 Å². The van der Waals surface area contributed by atoms with Gasteiger partial charge in [0.25, 0.3) is 5.91 Å². The topological polar surface area (TPSA) is 112 Å². The van der Waals surface area contributed by atoms with Crippen molar-refractivity contribution in [2.75, 3.05) is 31.7 Å². The van der Waals surface area contributed by atoms with Crippen molar-refractivity contribution in [3.05, 3.63) is 23.9 Å². The van der Waals surface area contributed by atoms with Gasteiger partial charge in [-0.2, -0.15) is 0 Å². The van der Waals surface area contributed by atoms with E-state index in [2.05, 4.69) is 10.4 Å². The van der Waals surface area contributed by atoms with Gasteiger partial charge in [0.15, 0.2) is 0 Å². The molecule has 94 valence electrons. The molecule has 0 unspecified atom stereocenters. The number of nitrogens with one attached hydrogen (secondary N) is 1. The molecule has 17 heavy (non-hydrogen) atoms. The molecule has 1 rings (SSSR count). The Morgan fingerprint density at radius 1 is 1.35 bits per heavy atom. The van der Waals surface area contributed by atoms with E-state index in [0.717, 1.165) is 0 Å². The first-order valence-electron chi connectivity index (χ1n) is 5.16. The van der Waals surface area contributed by atoms with Crippen molar-refractivity contribution >= 4 is 11.7 Å². The third-order valence-corrected chi connectivity index (χ3v) is 2.19. The summed E-state index contributed by atoms with van der Waals surface area (Å²) in [5, 5.41) is 17.6. The minimum atomic E-state index is -0.288. The second-order valence-electron chi connectivity index (χ2n) is 3.32. The molecule has 1 amide bonds. The SMILES string of the molecule is NNc1ccc(C(=O)N(CCO)CCO)cn1. The van der Waals surface area contributed by atoms with E-state index in [0.29, 0.717) is 11.4 Å². The Kier molecular flexibility index (Phi) is 5.34. The number of rotatable bonds is 6. The molecule has 0 aliphatic heterocycles. The smallest absolute Gasteiger partial charge is 0.255 e. The summed E-state index contributed by atoms with van der Waals surface area (Å²) < 4.78 is 0. The molecule has 0 spiro atoms. The minimum Gasteiger partial charge on any atom is -0.395 e. The predicted molar refractivity (Wildman–Crippen MR) is 62.1 cm³/mol. The molecular formula is C10H16N4O3. The summed E-state index contributed by atoms with van der Waals surface area (Å²) in [4.78, 5) is 17.2. The first-order chi connectivity index (χ1) is 8.22. The van der Waals surface area contributed by atoms with Crippen molar-refractivity contribution in [1.82, 2.24) is 9.88 Å². The predicted octanol–water partition coefficient (Wildman–Crippen LogP) is -1.21. The number of nitrogen functional groups attached to an aromatic ring is 1. The van der Waals surface area contributed by atoms with Crippen molar-refractivity contribution in [2.45, 2.75) is 0 Å². The summed E-state index contributed by atoms with van der Waals surface area (Å²) in [6.07, 6.45) is 1.39. The third kappa shape index (κ3) is 3.66. The fourth-order valence-corrected chi connectivity index (χ4v) is 1.34. The van der Waals surface area contributed by atoms with Crippen LogP contribution in [-0.4, -0.2) is 52.3 Å². The van der Waals surface area contributed by atoms with Gasteiger partial charge >= 0.3 is 0 Å². The summed E-state index contributed by atoms with van der Waals surface area (Å²) in [5.41, 5.74) is 2.74. The molecular weight excluding hydrogens is 224 g/mol. The summed E-state index contributed by atoms with van der Waals surface area (Å²) in [6, 6.07) is 3.15. The van der Waals surface area contributed by atoms with Crippen LogP contribution >= 0.6 is 0 Å². The van der Waals surface area contributed by atoms with Crippen LogP contribution in [0.15, 0.2) is 18.3 Å². The van der Waals surface area contributed by atoms with Crippen LogP contribution in [0.3, 0.4) is 0 Å². The number of pyridine rings is 1. The van der Waals surface area contributed by atoms with Gasteiger partial charge in [-0.25, -0.2) is 10.8 Å². The summed E-state index contributed by atoms with van der Waals surface area (Å²) in [5.74, 6) is 5.33. The Balaban J connectivity index is 2.77. The standard InChI is InChI=1S/C10H16N4O3/c11-13-9-2-1-8(7-12-9)10(17)14(3-5-15)4-6-16/h1-2,7,15-16H,3-6,11H2,(H,12,13).